The van der Waals surface area contributed by atoms with Crippen molar-refractivity contribution in [2.24, 2.45) is 5.41 Å². The number of piperidine rings is 1. The monoisotopic (exact) mass is 287 g/mol. The standard InChI is InChI=1S/C20H33N/c1-19(2,3)15-17-9-11-18(12-10-17)16-20(4,5)21-13-7-6-8-14-21/h9-12H,6-8,13-16H2,1-5H3. The lowest BCUT2D eigenvalue weighted by Gasteiger charge is -2.41. The van der Waals surface area contributed by atoms with Gasteiger partial charge in [0.1, 0.15) is 0 Å². The van der Waals surface area contributed by atoms with E-state index in [0.717, 1.165) is 12.8 Å². The Morgan fingerprint density at radius 3 is 1.71 bits per heavy atom. The molecule has 0 N–H and O–H groups in total. The number of hydrogen-bond donors (Lipinski definition) is 0. The van der Waals surface area contributed by atoms with Crippen LogP contribution in [0.1, 0.15) is 65.0 Å². The van der Waals surface area contributed by atoms with Crippen LogP contribution in [-0.2, 0) is 12.8 Å². The summed E-state index contributed by atoms with van der Waals surface area (Å²) < 4.78 is 0. The highest BCUT2D eigenvalue weighted by molar-refractivity contribution is 5.24. The van der Waals surface area contributed by atoms with Gasteiger partial charge in [-0.15, -0.1) is 0 Å². The molecule has 2 rings (SSSR count). The summed E-state index contributed by atoms with van der Waals surface area (Å²) in [5, 5.41) is 0. The second-order valence-corrected chi connectivity index (χ2v) is 8.59. The number of rotatable bonds is 4. The molecular weight excluding hydrogens is 254 g/mol. The SMILES string of the molecule is CC(C)(C)Cc1ccc(CC(C)(C)N2CCCCC2)cc1. The van der Waals surface area contributed by atoms with Crippen molar-refractivity contribution in [2.75, 3.05) is 13.1 Å². The second-order valence-electron chi connectivity index (χ2n) is 8.59. The molecule has 1 fully saturated rings. The molecule has 1 aromatic carbocycles. The lowest BCUT2D eigenvalue weighted by Crippen LogP contribution is -2.48. The van der Waals surface area contributed by atoms with E-state index in [9.17, 15) is 0 Å². The zero-order chi connectivity index (χ0) is 15.5. The van der Waals surface area contributed by atoms with Crippen molar-refractivity contribution in [1.82, 2.24) is 4.90 Å². The molecule has 0 atom stereocenters. The molecule has 1 aliphatic heterocycles. The summed E-state index contributed by atoms with van der Waals surface area (Å²) in [5.41, 5.74) is 3.59. The maximum atomic E-state index is 2.68. The Hall–Kier alpha value is -0.820. The predicted molar refractivity (Wildman–Crippen MR) is 92.8 cm³/mol. The molecular formula is C20H33N. The fourth-order valence-corrected chi connectivity index (χ4v) is 3.50. The van der Waals surface area contributed by atoms with Crippen molar-refractivity contribution in [3.05, 3.63) is 35.4 Å². The Morgan fingerprint density at radius 1 is 0.762 bits per heavy atom. The Bertz CT molecular complexity index is 430. The van der Waals surface area contributed by atoms with Gasteiger partial charge in [0.25, 0.3) is 0 Å². The Morgan fingerprint density at radius 2 is 1.24 bits per heavy atom. The van der Waals surface area contributed by atoms with Gasteiger partial charge in [-0.2, -0.15) is 0 Å². The van der Waals surface area contributed by atoms with Crippen molar-refractivity contribution in [3.8, 4) is 0 Å². The van der Waals surface area contributed by atoms with Crippen LogP contribution in [0.2, 0.25) is 0 Å². The molecule has 0 unspecified atom stereocenters. The van der Waals surface area contributed by atoms with Crippen molar-refractivity contribution in [3.63, 3.8) is 0 Å². The minimum Gasteiger partial charge on any atom is -0.298 e. The summed E-state index contributed by atoms with van der Waals surface area (Å²) in [7, 11) is 0. The van der Waals surface area contributed by atoms with E-state index in [4.69, 9.17) is 0 Å². The number of likely N-dealkylation sites (tertiary alicyclic amines) is 1. The average Bonchev–Trinajstić information content (AvgIpc) is 2.40. The van der Waals surface area contributed by atoms with Crippen LogP contribution < -0.4 is 0 Å². The maximum absolute atomic E-state index is 2.68. The molecule has 1 aromatic rings. The highest BCUT2D eigenvalue weighted by atomic mass is 15.2. The highest BCUT2D eigenvalue weighted by Gasteiger charge is 2.27. The molecule has 1 aliphatic rings. The van der Waals surface area contributed by atoms with Gasteiger partial charge in [0.05, 0.1) is 0 Å². The first-order chi connectivity index (χ1) is 9.76. The molecule has 1 heterocycles. The normalized spacial score (nSPS) is 18.0. The van der Waals surface area contributed by atoms with Gasteiger partial charge in [0.15, 0.2) is 0 Å². The van der Waals surface area contributed by atoms with Gasteiger partial charge < -0.3 is 0 Å². The molecule has 118 valence electrons. The zero-order valence-corrected chi connectivity index (χ0v) is 14.7. The highest BCUT2D eigenvalue weighted by Crippen LogP contribution is 2.26. The van der Waals surface area contributed by atoms with Crippen LogP contribution >= 0.6 is 0 Å². The fraction of sp³-hybridized carbons (Fsp3) is 0.700. The van der Waals surface area contributed by atoms with E-state index in [1.54, 1.807) is 0 Å². The summed E-state index contributed by atoms with van der Waals surface area (Å²) in [6.07, 6.45) is 6.46. The minimum absolute atomic E-state index is 0.284. The topological polar surface area (TPSA) is 3.24 Å². The van der Waals surface area contributed by atoms with E-state index >= 15 is 0 Å². The lowest BCUT2D eigenvalue weighted by molar-refractivity contribution is 0.0956. The van der Waals surface area contributed by atoms with Gasteiger partial charge in [-0.05, 0) is 69.2 Å². The van der Waals surface area contributed by atoms with Gasteiger partial charge in [0.2, 0.25) is 0 Å². The van der Waals surface area contributed by atoms with Crippen LogP contribution in [0.4, 0.5) is 0 Å². The van der Waals surface area contributed by atoms with Crippen molar-refractivity contribution in [2.45, 2.75) is 72.3 Å². The van der Waals surface area contributed by atoms with E-state index < -0.39 is 0 Å². The van der Waals surface area contributed by atoms with E-state index in [0.29, 0.717) is 5.41 Å². The van der Waals surface area contributed by atoms with Crippen molar-refractivity contribution < 1.29 is 0 Å². The molecule has 0 radical (unpaired) electrons. The molecule has 0 amide bonds. The van der Waals surface area contributed by atoms with E-state index in [-0.39, 0.29) is 5.54 Å². The summed E-state index contributed by atoms with van der Waals surface area (Å²) in [4.78, 5) is 2.68. The lowest BCUT2D eigenvalue weighted by atomic mass is 9.86. The fourth-order valence-electron chi connectivity index (χ4n) is 3.50. The first kappa shape index (κ1) is 16.5. The third kappa shape index (κ3) is 5.14. The van der Waals surface area contributed by atoms with Crippen LogP contribution in [0.25, 0.3) is 0 Å². The van der Waals surface area contributed by atoms with Gasteiger partial charge in [0, 0.05) is 5.54 Å². The summed E-state index contributed by atoms with van der Waals surface area (Å²) in [6, 6.07) is 9.33. The molecule has 0 spiro atoms. The second kappa shape index (κ2) is 6.52. The Kier molecular flexibility index (Phi) is 5.14. The molecule has 1 nitrogen and oxygen atoms in total. The third-order valence-corrected chi connectivity index (χ3v) is 4.61. The Balaban J connectivity index is 1.98. The quantitative estimate of drug-likeness (QED) is 0.746. The van der Waals surface area contributed by atoms with E-state index in [1.807, 2.05) is 0 Å². The van der Waals surface area contributed by atoms with Crippen LogP contribution in [0.3, 0.4) is 0 Å². The smallest absolute Gasteiger partial charge is 0.0193 e. The predicted octanol–water partition coefficient (Wildman–Crippen LogP) is 5.08. The van der Waals surface area contributed by atoms with Crippen LogP contribution in [0, 0.1) is 5.41 Å². The first-order valence-corrected chi connectivity index (χ1v) is 8.59. The largest absolute Gasteiger partial charge is 0.298 e. The van der Waals surface area contributed by atoms with Gasteiger partial charge in [-0.25, -0.2) is 0 Å². The Labute approximate surface area is 131 Å². The number of hydrogen-bond acceptors (Lipinski definition) is 1. The average molecular weight is 287 g/mol. The van der Waals surface area contributed by atoms with E-state index in [1.165, 1.54) is 43.5 Å². The number of nitrogens with zero attached hydrogens (tertiary/aromatic N) is 1. The van der Waals surface area contributed by atoms with Crippen LogP contribution in [0.15, 0.2) is 24.3 Å². The van der Waals surface area contributed by atoms with Crippen LogP contribution in [0.5, 0.6) is 0 Å². The molecule has 21 heavy (non-hydrogen) atoms. The molecule has 0 aromatic heterocycles. The summed E-state index contributed by atoms with van der Waals surface area (Å²) in [6.45, 7) is 14.3. The third-order valence-electron chi connectivity index (χ3n) is 4.61. The van der Waals surface area contributed by atoms with Crippen molar-refractivity contribution >= 4 is 0 Å². The zero-order valence-electron chi connectivity index (χ0n) is 14.7. The van der Waals surface area contributed by atoms with Crippen molar-refractivity contribution in [1.29, 1.82) is 0 Å². The molecule has 0 saturated carbocycles. The van der Waals surface area contributed by atoms with Gasteiger partial charge in [-0.1, -0.05) is 51.5 Å². The van der Waals surface area contributed by atoms with Crippen LogP contribution in [-0.4, -0.2) is 23.5 Å². The summed E-state index contributed by atoms with van der Waals surface area (Å²) in [5.74, 6) is 0. The maximum Gasteiger partial charge on any atom is 0.0193 e. The molecule has 1 heteroatoms. The van der Waals surface area contributed by atoms with Gasteiger partial charge in [-0.3, -0.25) is 4.90 Å². The van der Waals surface area contributed by atoms with E-state index in [2.05, 4.69) is 63.8 Å². The molecule has 1 saturated heterocycles. The summed E-state index contributed by atoms with van der Waals surface area (Å²) >= 11 is 0. The first-order valence-electron chi connectivity index (χ1n) is 8.59. The van der Waals surface area contributed by atoms with Gasteiger partial charge >= 0.3 is 0 Å². The number of benzene rings is 1. The minimum atomic E-state index is 0.284. The molecule has 0 bridgehead atoms. The molecule has 0 aliphatic carbocycles.